The molecule has 1 aliphatic rings. The highest BCUT2D eigenvalue weighted by Gasteiger charge is 2.36. The van der Waals surface area contributed by atoms with E-state index < -0.39 is 37.1 Å². The minimum absolute atomic E-state index is 0. The Morgan fingerprint density at radius 1 is 1.08 bits per heavy atom. The number of ether oxygens (including phenoxy) is 1. The SMILES string of the molecule is Cl.OCC1=C[C@H](NCC(O)COc2ccccc2)[C@H](O)[C@H](O)[C@@H]1O. The third kappa shape index (κ3) is 5.42. The van der Waals surface area contributed by atoms with Crippen molar-refractivity contribution in [3.63, 3.8) is 0 Å². The van der Waals surface area contributed by atoms with E-state index in [0.717, 1.165) is 0 Å². The van der Waals surface area contributed by atoms with Gasteiger partial charge in [0.2, 0.25) is 0 Å². The van der Waals surface area contributed by atoms with Crippen LogP contribution in [0.2, 0.25) is 0 Å². The van der Waals surface area contributed by atoms with Crippen LogP contribution >= 0.6 is 12.4 Å². The molecule has 0 aliphatic heterocycles. The standard InChI is InChI=1S/C16H23NO6.ClH/c18-8-10-6-13(15(21)16(22)14(10)20)17-7-11(19)9-23-12-4-2-1-3-5-12;/h1-6,11,13-22H,7-9H2;1H/t11?,13-,14+,15-,16+;/m0./s1. The Balaban J connectivity index is 0.00000288. The molecule has 1 aromatic carbocycles. The lowest BCUT2D eigenvalue weighted by Crippen LogP contribution is -2.55. The Hall–Kier alpha value is -1.19. The lowest BCUT2D eigenvalue weighted by atomic mass is 9.88. The molecule has 0 aromatic heterocycles. The van der Waals surface area contributed by atoms with Crippen molar-refractivity contribution in [2.24, 2.45) is 0 Å². The molecule has 0 fully saturated rings. The van der Waals surface area contributed by atoms with Gasteiger partial charge in [0.15, 0.2) is 0 Å². The molecular formula is C16H24ClNO6. The molecule has 6 N–H and O–H groups in total. The zero-order valence-corrected chi connectivity index (χ0v) is 13.8. The largest absolute Gasteiger partial charge is 0.491 e. The van der Waals surface area contributed by atoms with Crippen molar-refractivity contribution < 1.29 is 30.3 Å². The molecule has 0 spiro atoms. The van der Waals surface area contributed by atoms with E-state index in [2.05, 4.69) is 5.32 Å². The van der Waals surface area contributed by atoms with Gasteiger partial charge in [-0.25, -0.2) is 0 Å². The van der Waals surface area contributed by atoms with Crippen LogP contribution in [0.4, 0.5) is 0 Å². The number of aliphatic hydroxyl groups is 5. The fourth-order valence-electron chi connectivity index (χ4n) is 2.41. The summed E-state index contributed by atoms with van der Waals surface area (Å²) in [6.07, 6.45) is -3.27. The summed E-state index contributed by atoms with van der Waals surface area (Å²) in [6.45, 7) is -0.225. The maximum atomic E-state index is 9.93. The second kappa shape index (κ2) is 9.95. The van der Waals surface area contributed by atoms with Crippen LogP contribution in [0.3, 0.4) is 0 Å². The molecule has 0 heterocycles. The third-order valence-electron chi connectivity index (χ3n) is 3.77. The maximum Gasteiger partial charge on any atom is 0.119 e. The fourth-order valence-corrected chi connectivity index (χ4v) is 2.41. The smallest absolute Gasteiger partial charge is 0.119 e. The van der Waals surface area contributed by atoms with E-state index in [0.29, 0.717) is 5.75 Å². The van der Waals surface area contributed by atoms with Gasteiger partial charge in [-0.3, -0.25) is 0 Å². The highest BCUT2D eigenvalue weighted by molar-refractivity contribution is 5.85. The summed E-state index contributed by atoms with van der Waals surface area (Å²) in [5.74, 6) is 0.644. The van der Waals surface area contributed by atoms with E-state index in [1.165, 1.54) is 6.08 Å². The molecule has 5 atom stereocenters. The summed E-state index contributed by atoms with van der Waals surface area (Å²) >= 11 is 0. The molecule has 1 aliphatic carbocycles. The number of hydrogen-bond acceptors (Lipinski definition) is 7. The van der Waals surface area contributed by atoms with E-state index >= 15 is 0 Å². The number of hydrogen-bond donors (Lipinski definition) is 6. The molecule has 2 rings (SSSR count). The van der Waals surface area contributed by atoms with Gasteiger partial charge in [0.05, 0.1) is 12.6 Å². The number of benzene rings is 1. The summed E-state index contributed by atoms with van der Waals surface area (Å²) in [7, 11) is 0. The van der Waals surface area contributed by atoms with Gasteiger partial charge in [-0.2, -0.15) is 0 Å². The molecule has 136 valence electrons. The Morgan fingerprint density at radius 2 is 1.75 bits per heavy atom. The second-order valence-corrected chi connectivity index (χ2v) is 5.54. The maximum absolute atomic E-state index is 9.93. The Kier molecular flexibility index (Phi) is 8.65. The summed E-state index contributed by atoms with van der Waals surface area (Å²) in [6, 6.07) is 8.39. The number of para-hydroxylation sites is 1. The van der Waals surface area contributed by atoms with Gasteiger partial charge in [0.25, 0.3) is 0 Å². The van der Waals surface area contributed by atoms with Crippen LogP contribution in [0.15, 0.2) is 42.0 Å². The average molecular weight is 362 g/mol. The van der Waals surface area contributed by atoms with E-state index in [1.54, 1.807) is 12.1 Å². The van der Waals surface area contributed by atoms with Gasteiger partial charge in [-0.05, 0) is 17.7 Å². The second-order valence-electron chi connectivity index (χ2n) is 5.54. The van der Waals surface area contributed by atoms with Crippen LogP contribution in [0.1, 0.15) is 0 Å². The summed E-state index contributed by atoms with van der Waals surface area (Å²) in [4.78, 5) is 0. The van der Waals surface area contributed by atoms with Crippen LogP contribution in [-0.2, 0) is 0 Å². The Morgan fingerprint density at radius 3 is 2.38 bits per heavy atom. The van der Waals surface area contributed by atoms with Gasteiger partial charge in [-0.15, -0.1) is 12.4 Å². The average Bonchev–Trinajstić information content (AvgIpc) is 2.58. The molecule has 1 aromatic rings. The summed E-state index contributed by atoms with van der Waals surface area (Å²) in [5.41, 5.74) is 0.232. The van der Waals surface area contributed by atoms with Gasteiger partial charge in [0.1, 0.15) is 36.8 Å². The number of nitrogens with one attached hydrogen (secondary N) is 1. The summed E-state index contributed by atoms with van der Waals surface area (Å²) in [5, 5.41) is 51.3. The Bertz CT molecular complexity index is 515. The Labute approximate surface area is 146 Å². The van der Waals surface area contributed by atoms with Gasteiger partial charge < -0.3 is 35.6 Å². The number of rotatable bonds is 7. The van der Waals surface area contributed by atoms with Crippen molar-refractivity contribution in [3.8, 4) is 5.75 Å². The van der Waals surface area contributed by atoms with Crippen molar-refractivity contribution in [1.29, 1.82) is 0 Å². The highest BCUT2D eigenvalue weighted by Crippen LogP contribution is 2.20. The third-order valence-corrected chi connectivity index (χ3v) is 3.77. The first kappa shape index (κ1) is 20.9. The zero-order chi connectivity index (χ0) is 16.8. The van der Waals surface area contributed by atoms with Crippen molar-refractivity contribution in [2.75, 3.05) is 19.8 Å². The first-order valence-electron chi connectivity index (χ1n) is 7.48. The minimum atomic E-state index is -1.39. The van der Waals surface area contributed by atoms with E-state index in [-0.39, 0.29) is 31.1 Å². The minimum Gasteiger partial charge on any atom is -0.491 e. The zero-order valence-electron chi connectivity index (χ0n) is 13.0. The van der Waals surface area contributed by atoms with E-state index in [1.807, 2.05) is 18.2 Å². The highest BCUT2D eigenvalue weighted by atomic mass is 35.5. The summed E-state index contributed by atoms with van der Waals surface area (Å²) < 4.78 is 5.42. The van der Waals surface area contributed by atoms with Crippen LogP contribution in [0.25, 0.3) is 0 Å². The van der Waals surface area contributed by atoms with Crippen molar-refractivity contribution in [3.05, 3.63) is 42.0 Å². The topological polar surface area (TPSA) is 122 Å². The van der Waals surface area contributed by atoms with Crippen LogP contribution < -0.4 is 10.1 Å². The molecule has 0 radical (unpaired) electrons. The van der Waals surface area contributed by atoms with Gasteiger partial charge >= 0.3 is 0 Å². The van der Waals surface area contributed by atoms with E-state index in [4.69, 9.17) is 9.84 Å². The first-order valence-corrected chi connectivity index (χ1v) is 7.48. The van der Waals surface area contributed by atoms with E-state index in [9.17, 15) is 20.4 Å². The van der Waals surface area contributed by atoms with Crippen LogP contribution in [0, 0.1) is 0 Å². The van der Waals surface area contributed by atoms with Crippen LogP contribution in [-0.4, -0.2) is 75.7 Å². The molecule has 8 heteroatoms. The number of aliphatic hydroxyl groups excluding tert-OH is 5. The molecule has 24 heavy (non-hydrogen) atoms. The number of halogens is 1. The van der Waals surface area contributed by atoms with Crippen molar-refractivity contribution >= 4 is 12.4 Å². The monoisotopic (exact) mass is 361 g/mol. The molecule has 1 unspecified atom stereocenters. The predicted octanol–water partition coefficient (Wildman–Crippen LogP) is -1.18. The van der Waals surface area contributed by atoms with Gasteiger partial charge in [-0.1, -0.05) is 24.3 Å². The lowest BCUT2D eigenvalue weighted by molar-refractivity contribution is -0.0653. The molecular weight excluding hydrogens is 338 g/mol. The fraction of sp³-hybridized carbons (Fsp3) is 0.500. The predicted molar refractivity (Wildman–Crippen MR) is 90.2 cm³/mol. The first-order chi connectivity index (χ1) is 11.0. The normalized spacial score (nSPS) is 27.8. The van der Waals surface area contributed by atoms with Crippen LogP contribution in [0.5, 0.6) is 5.75 Å². The quantitative estimate of drug-likeness (QED) is 0.338. The molecule has 0 bridgehead atoms. The molecule has 0 amide bonds. The van der Waals surface area contributed by atoms with Crippen molar-refractivity contribution in [1.82, 2.24) is 5.32 Å². The van der Waals surface area contributed by atoms with Gasteiger partial charge in [0, 0.05) is 6.54 Å². The van der Waals surface area contributed by atoms with Crippen molar-refractivity contribution in [2.45, 2.75) is 30.5 Å². The molecule has 7 nitrogen and oxygen atoms in total. The molecule has 0 saturated heterocycles. The lowest BCUT2D eigenvalue weighted by Gasteiger charge is -2.35. The molecule has 0 saturated carbocycles.